The van der Waals surface area contributed by atoms with E-state index in [2.05, 4.69) is 4.98 Å². The SMILES string of the molecule is CN(c1ccccn1)S(=O)(=O)Cc1ccccc1CN. The summed E-state index contributed by atoms with van der Waals surface area (Å²) in [6.07, 6.45) is 1.56. The Kier molecular flexibility index (Phi) is 4.36. The molecule has 0 amide bonds. The molecule has 0 aliphatic carbocycles. The topological polar surface area (TPSA) is 76.3 Å². The van der Waals surface area contributed by atoms with Gasteiger partial charge in [0.1, 0.15) is 5.82 Å². The zero-order valence-corrected chi connectivity index (χ0v) is 12.0. The van der Waals surface area contributed by atoms with E-state index in [1.54, 1.807) is 30.5 Å². The van der Waals surface area contributed by atoms with Crippen LogP contribution in [0.3, 0.4) is 0 Å². The molecule has 0 aliphatic heterocycles. The molecule has 1 aromatic carbocycles. The van der Waals surface area contributed by atoms with Gasteiger partial charge in [-0.05, 0) is 23.3 Å². The largest absolute Gasteiger partial charge is 0.326 e. The second-order valence-electron chi connectivity index (χ2n) is 4.38. The lowest BCUT2D eigenvalue weighted by Crippen LogP contribution is -2.29. The number of rotatable bonds is 5. The van der Waals surface area contributed by atoms with E-state index in [0.29, 0.717) is 12.4 Å². The molecule has 0 atom stereocenters. The number of sulfonamides is 1. The van der Waals surface area contributed by atoms with Gasteiger partial charge in [0, 0.05) is 19.8 Å². The smallest absolute Gasteiger partial charge is 0.240 e. The first-order valence-corrected chi connectivity index (χ1v) is 7.80. The molecule has 0 bridgehead atoms. The predicted octanol–water partition coefficient (Wildman–Crippen LogP) is 1.51. The summed E-state index contributed by atoms with van der Waals surface area (Å²) >= 11 is 0. The number of nitrogens with two attached hydrogens (primary N) is 1. The van der Waals surface area contributed by atoms with E-state index in [1.807, 2.05) is 18.2 Å². The minimum atomic E-state index is -3.48. The highest BCUT2D eigenvalue weighted by Crippen LogP contribution is 2.18. The second-order valence-corrected chi connectivity index (χ2v) is 6.38. The minimum absolute atomic E-state index is 0.0898. The van der Waals surface area contributed by atoms with E-state index in [0.717, 1.165) is 11.1 Å². The fourth-order valence-electron chi connectivity index (χ4n) is 1.87. The molecule has 2 aromatic rings. The molecule has 0 fully saturated rings. The van der Waals surface area contributed by atoms with E-state index in [4.69, 9.17) is 5.73 Å². The van der Waals surface area contributed by atoms with Gasteiger partial charge in [-0.1, -0.05) is 30.3 Å². The Hall–Kier alpha value is -1.92. The Morgan fingerprint density at radius 2 is 1.75 bits per heavy atom. The van der Waals surface area contributed by atoms with Crippen LogP contribution in [0.4, 0.5) is 5.82 Å². The van der Waals surface area contributed by atoms with Crippen molar-refractivity contribution in [1.82, 2.24) is 4.98 Å². The molecule has 106 valence electrons. The normalized spacial score (nSPS) is 11.3. The molecular formula is C14H17N3O2S. The van der Waals surface area contributed by atoms with Gasteiger partial charge < -0.3 is 5.73 Å². The van der Waals surface area contributed by atoms with Crippen LogP contribution in [0.1, 0.15) is 11.1 Å². The van der Waals surface area contributed by atoms with Crippen molar-refractivity contribution in [2.75, 3.05) is 11.4 Å². The van der Waals surface area contributed by atoms with Crippen LogP contribution < -0.4 is 10.0 Å². The molecule has 6 heteroatoms. The fourth-order valence-corrected chi connectivity index (χ4v) is 3.13. The highest BCUT2D eigenvalue weighted by atomic mass is 32.2. The van der Waals surface area contributed by atoms with Gasteiger partial charge in [-0.3, -0.25) is 4.31 Å². The molecule has 0 spiro atoms. The molecule has 2 rings (SSSR count). The van der Waals surface area contributed by atoms with Gasteiger partial charge in [0.2, 0.25) is 10.0 Å². The summed E-state index contributed by atoms with van der Waals surface area (Å²) in [6.45, 7) is 0.318. The number of pyridine rings is 1. The minimum Gasteiger partial charge on any atom is -0.326 e. The van der Waals surface area contributed by atoms with Crippen LogP contribution >= 0.6 is 0 Å². The van der Waals surface area contributed by atoms with Crippen molar-refractivity contribution in [3.05, 3.63) is 59.8 Å². The molecule has 0 radical (unpaired) electrons. The molecule has 0 unspecified atom stereocenters. The number of anilines is 1. The Morgan fingerprint density at radius 1 is 1.10 bits per heavy atom. The first-order valence-electron chi connectivity index (χ1n) is 6.19. The predicted molar refractivity (Wildman–Crippen MR) is 79.6 cm³/mol. The van der Waals surface area contributed by atoms with Crippen LogP contribution in [0.2, 0.25) is 0 Å². The second kappa shape index (κ2) is 6.02. The highest BCUT2D eigenvalue weighted by Gasteiger charge is 2.20. The number of aromatic nitrogens is 1. The van der Waals surface area contributed by atoms with E-state index in [1.165, 1.54) is 11.4 Å². The van der Waals surface area contributed by atoms with Crippen LogP contribution in [0, 0.1) is 0 Å². The summed E-state index contributed by atoms with van der Waals surface area (Å²) in [6, 6.07) is 12.4. The van der Waals surface area contributed by atoms with E-state index >= 15 is 0 Å². The van der Waals surface area contributed by atoms with Gasteiger partial charge in [0.05, 0.1) is 5.75 Å². The number of nitrogens with zero attached hydrogens (tertiary/aromatic N) is 2. The van der Waals surface area contributed by atoms with Crippen molar-refractivity contribution in [2.45, 2.75) is 12.3 Å². The van der Waals surface area contributed by atoms with E-state index in [-0.39, 0.29) is 5.75 Å². The van der Waals surface area contributed by atoms with Crippen molar-refractivity contribution in [2.24, 2.45) is 5.73 Å². The number of hydrogen-bond donors (Lipinski definition) is 1. The van der Waals surface area contributed by atoms with Crippen molar-refractivity contribution in [1.29, 1.82) is 0 Å². The number of hydrogen-bond acceptors (Lipinski definition) is 4. The maximum Gasteiger partial charge on any atom is 0.240 e. The zero-order valence-electron chi connectivity index (χ0n) is 11.2. The molecule has 20 heavy (non-hydrogen) atoms. The van der Waals surface area contributed by atoms with Crippen LogP contribution in [0.5, 0.6) is 0 Å². The lowest BCUT2D eigenvalue weighted by atomic mass is 10.1. The van der Waals surface area contributed by atoms with Crippen LogP contribution in [0.15, 0.2) is 48.7 Å². The molecule has 5 nitrogen and oxygen atoms in total. The van der Waals surface area contributed by atoms with Crippen molar-refractivity contribution in [3.8, 4) is 0 Å². The molecule has 1 heterocycles. The lowest BCUT2D eigenvalue weighted by Gasteiger charge is -2.19. The van der Waals surface area contributed by atoms with Crippen molar-refractivity contribution >= 4 is 15.8 Å². The Bertz CT molecular complexity index is 672. The lowest BCUT2D eigenvalue weighted by molar-refractivity contribution is 0.593. The molecule has 2 N–H and O–H groups in total. The molecule has 1 aromatic heterocycles. The monoisotopic (exact) mass is 291 g/mol. The van der Waals surface area contributed by atoms with Gasteiger partial charge in [-0.15, -0.1) is 0 Å². The van der Waals surface area contributed by atoms with Crippen LogP contribution in [-0.4, -0.2) is 20.4 Å². The molecule has 0 aliphatic rings. The average Bonchev–Trinajstić information content (AvgIpc) is 2.47. The molecule has 0 saturated heterocycles. The maximum atomic E-state index is 12.4. The van der Waals surface area contributed by atoms with Gasteiger partial charge in [0.15, 0.2) is 0 Å². The number of benzene rings is 1. The fraction of sp³-hybridized carbons (Fsp3) is 0.214. The Labute approximate surface area is 119 Å². The van der Waals surface area contributed by atoms with Crippen LogP contribution in [0.25, 0.3) is 0 Å². The maximum absolute atomic E-state index is 12.4. The standard InChI is InChI=1S/C14H17N3O2S/c1-17(14-8-4-5-9-16-14)20(18,19)11-13-7-3-2-6-12(13)10-15/h2-9H,10-11,15H2,1H3. The zero-order chi connectivity index (χ0) is 14.6. The van der Waals surface area contributed by atoms with Crippen molar-refractivity contribution in [3.63, 3.8) is 0 Å². The summed E-state index contributed by atoms with van der Waals surface area (Å²) in [5.41, 5.74) is 7.19. The first kappa shape index (κ1) is 14.5. The first-order chi connectivity index (χ1) is 9.54. The third-order valence-electron chi connectivity index (χ3n) is 3.07. The highest BCUT2D eigenvalue weighted by molar-refractivity contribution is 7.92. The van der Waals surface area contributed by atoms with E-state index < -0.39 is 10.0 Å². The summed E-state index contributed by atoms with van der Waals surface area (Å²) < 4.78 is 26.0. The van der Waals surface area contributed by atoms with Crippen molar-refractivity contribution < 1.29 is 8.42 Å². The quantitative estimate of drug-likeness (QED) is 0.906. The Balaban J connectivity index is 2.28. The average molecular weight is 291 g/mol. The van der Waals surface area contributed by atoms with E-state index in [9.17, 15) is 8.42 Å². The molecule has 0 saturated carbocycles. The third-order valence-corrected chi connectivity index (χ3v) is 4.76. The summed E-state index contributed by atoms with van der Waals surface area (Å²) in [7, 11) is -1.98. The Morgan fingerprint density at radius 3 is 2.35 bits per heavy atom. The molecular weight excluding hydrogens is 274 g/mol. The summed E-state index contributed by atoms with van der Waals surface area (Å²) in [5, 5.41) is 0. The summed E-state index contributed by atoms with van der Waals surface area (Å²) in [4.78, 5) is 4.05. The third kappa shape index (κ3) is 3.15. The van der Waals surface area contributed by atoms with Gasteiger partial charge >= 0.3 is 0 Å². The summed E-state index contributed by atoms with van der Waals surface area (Å²) in [5.74, 6) is 0.311. The van der Waals surface area contributed by atoms with Crippen LogP contribution in [-0.2, 0) is 22.3 Å². The van der Waals surface area contributed by atoms with Gasteiger partial charge in [-0.25, -0.2) is 13.4 Å². The van der Waals surface area contributed by atoms with Gasteiger partial charge in [-0.2, -0.15) is 0 Å². The van der Waals surface area contributed by atoms with Gasteiger partial charge in [0.25, 0.3) is 0 Å².